The monoisotopic (exact) mass is 307 g/mol. The van der Waals surface area contributed by atoms with Gasteiger partial charge in [-0.1, -0.05) is 24.6 Å². The number of nitrogens with zero attached hydrogens (tertiary/aromatic N) is 2. The number of imidazole rings is 1. The Balaban J connectivity index is 2.12. The molecule has 0 aliphatic heterocycles. The summed E-state index contributed by atoms with van der Waals surface area (Å²) < 4.78 is 8.07. The van der Waals surface area contributed by atoms with E-state index in [4.69, 9.17) is 16.3 Å². The molecular weight excluding hydrogens is 286 g/mol. The molecule has 0 amide bonds. The van der Waals surface area contributed by atoms with E-state index in [0.717, 1.165) is 28.6 Å². The van der Waals surface area contributed by atoms with Crippen molar-refractivity contribution in [1.29, 1.82) is 0 Å². The van der Waals surface area contributed by atoms with Crippen molar-refractivity contribution in [3.05, 3.63) is 47.0 Å². The van der Waals surface area contributed by atoms with Crippen LogP contribution >= 0.6 is 11.6 Å². The van der Waals surface area contributed by atoms with Gasteiger partial charge in [-0.15, -0.1) is 0 Å². The van der Waals surface area contributed by atoms with Gasteiger partial charge in [0.2, 0.25) is 0 Å². The van der Waals surface area contributed by atoms with Crippen LogP contribution in [-0.4, -0.2) is 16.1 Å². The fourth-order valence-electron chi connectivity index (χ4n) is 2.16. The Hall–Kier alpha value is -1.52. The first-order chi connectivity index (χ1) is 10.1. The van der Waals surface area contributed by atoms with Crippen LogP contribution in [0.1, 0.15) is 38.1 Å². The number of hydrogen-bond donors (Lipinski definition) is 1. The van der Waals surface area contributed by atoms with Gasteiger partial charge in [0.05, 0.1) is 18.2 Å². The van der Waals surface area contributed by atoms with Crippen LogP contribution in [0.15, 0.2) is 30.7 Å². The molecule has 4 nitrogen and oxygen atoms in total. The van der Waals surface area contributed by atoms with Crippen molar-refractivity contribution in [2.45, 2.75) is 40.0 Å². The van der Waals surface area contributed by atoms with Crippen molar-refractivity contribution in [2.75, 3.05) is 6.54 Å². The minimum atomic E-state index is 0.367. The van der Waals surface area contributed by atoms with Gasteiger partial charge in [-0.05, 0) is 32.5 Å². The van der Waals surface area contributed by atoms with Crippen molar-refractivity contribution in [3.8, 4) is 5.75 Å². The maximum Gasteiger partial charge on any atom is 0.130 e. The van der Waals surface area contributed by atoms with Crippen LogP contribution in [0.25, 0.3) is 0 Å². The SMILES string of the molecule is CCNCc1c(Cl)cccc1OCc1cncn1C(C)C. The Morgan fingerprint density at radius 1 is 1.38 bits per heavy atom. The number of nitrogens with one attached hydrogen (secondary N) is 1. The van der Waals surface area contributed by atoms with Crippen LogP contribution in [0, 0.1) is 0 Å². The summed E-state index contributed by atoms with van der Waals surface area (Å²) in [5.41, 5.74) is 2.05. The Morgan fingerprint density at radius 3 is 2.90 bits per heavy atom. The first kappa shape index (κ1) is 15.9. The topological polar surface area (TPSA) is 39.1 Å². The molecule has 0 fully saturated rings. The van der Waals surface area contributed by atoms with Crippen LogP contribution in [0.3, 0.4) is 0 Å². The molecule has 2 aromatic rings. The zero-order valence-corrected chi connectivity index (χ0v) is 13.5. The van der Waals surface area contributed by atoms with E-state index < -0.39 is 0 Å². The molecule has 0 bridgehead atoms. The first-order valence-corrected chi connectivity index (χ1v) is 7.62. The molecule has 0 saturated heterocycles. The fourth-order valence-corrected chi connectivity index (χ4v) is 2.39. The first-order valence-electron chi connectivity index (χ1n) is 7.25. The zero-order valence-electron chi connectivity index (χ0n) is 12.8. The van der Waals surface area contributed by atoms with Crippen LogP contribution < -0.4 is 10.1 Å². The van der Waals surface area contributed by atoms with Crippen molar-refractivity contribution >= 4 is 11.6 Å². The third-order valence-corrected chi connectivity index (χ3v) is 3.66. The summed E-state index contributed by atoms with van der Waals surface area (Å²) in [5.74, 6) is 0.819. The zero-order chi connectivity index (χ0) is 15.2. The molecular formula is C16H22ClN3O. The van der Waals surface area contributed by atoms with E-state index in [0.29, 0.717) is 19.2 Å². The largest absolute Gasteiger partial charge is 0.487 e. The summed E-state index contributed by atoms with van der Waals surface area (Å²) >= 11 is 6.27. The molecule has 5 heteroatoms. The number of hydrogen-bond acceptors (Lipinski definition) is 3. The van der Waals surface area contributed by atoms with Crippen LogP contribution in [-0.2, 0) is 13.2 Å². The lowest BCUT2D eigenvalue weighted by Gasteiger charge is -2.15. The second kappa shape index (κ2) is 7.48. The number of benzene rings is 1. The number of aromatic nitrogens is 2. The molecule has 0 atom stereocenters. The summed E-state index contributed by atoms with van der Waals surface area (Å²) in [6.07, 6.45) is 3.68. The van der Waals surface area contributed by atoms with Gasteiger partial charge in [0, 0.05) is 23.2 Å². The summed E-state index contributed by atoms with van der Waals surface area (Å²) in [6.45, 7) is 8.40. The summed E-state index contributed by atoms with van der Waals surface area (Å²) in [6, 6.07) is 6.12. The van der Waals surface area contributed by atoms with Gasteiger partial charge < -0.3 is 14.6 Å². The highest BCUT2D eigenvalue weighted by atomic mass is 35.5. The van der Waals surface area contributed by atoms with Gasteiger partial charge in [0.1, 0.15) is 12.4 Å². The van der Waals surface area contributed by atoms with E-state index in [1.54, 1.807) is 0 Å². The van der Waals surface area contributed by atoms with Crippen LogP contribution in [0.4, 0.5) is 0 Å². The normalized spacial score (nSPS) is 11.1. The molecule has 0 radical (unpaired) electrons. The fraction of sp³-hybridized carbons (Fsp3) is 0.438. The maximum atomic E-state index is 6.27. The minimum absolute atomic E-state index is 0.367. The number of halogens is 1. The quantitative estimate of drug-likeness (QED) is 0.845. The second-order valence-corrected chi connectivity index (χ2v) is 5.58. The maximum absolute atomic E-state index is 6.27. The highest BCUT2D eigenvalue weighted by Gasteiger charge is 2.10. The van der Waals surface area contributed by atoms with E-state index in [9.17, 15) is 0 Å². The molecule has 1 aromatic heterocycles. The summed E-state index contributed by atoms with van der Waals surface area (Å²) in [4.78, 5) is 4.19. The van der Waals surface area contributed by atoms with Crippen molar-refractivity contribution in [2.24, 2.45) is 0 Å². The third-order valence-electron chi connectivity index (χ3n) is 3.31. The van der Waals surface area contributed by atoms with Crippen LogP contribution in [0.5, 0.6) is 5.75 Å². The van der Waals surface area contributed by atoms with Gasteiger partial charge in [0.15, 0.2) is 0 Å². The highest BCUT2D eigenvalue weighted by molar-refractivity contribution is 6.31. The summed E-state index contributed by atoms with van der Waals surface area (Å²) in [7, 11) is 0. The molecule has 21 heavy (non-hydrogen) atoms. The van der Waals surface area contributed by atoms with Crippen molar-refractivity contribution in [1.82, 2.24) is 14.9 Å². The van der Waals surface area contributed by atoms with E-state index in [1.165, 1.54) is 0 Å². The lowest BCUT2D eigenvalue weighted by atomic mass is 10.2. The lowest BCUT2D eigenvalue weighted by molar-refractivity contribution is 0.288. The van der Waals surface area contributed by atoms with Gasteiger partial charge in [-0.25, -0.2) is 4.98 Å². The smallest absolute Gasteiger partial charge is 0.130 e. The lowest BCUT2D eigenvalue weighted by Crippen LogP contribution is -2.14. The van der Waals surface area contributed by atoms with Gasteiger partial charge in [-0.2, -0.15) is 0 Å². The standard InChI is InChI=1S/C16H22ClN3O/c1-4-18-9-14-15(17)6-5-7-16(14)21-10-13-8-19-11-20(13)12(2)3/h5-8,11-12,18H,4,9-10H2,1-3H3. The van der Waals surface area contributed by atoms with Gasteiger partial charge in [0.25, 0.3) is 0 Å². The van der Waals surface area contributed by atoms with Gasteiger partial charge in [-0.3, -0.25) is 0 Å². The second-order valence-electron chi connectivity index (χ2n) is 5.17. The van der Waals surface area contributed by atoms with Crippen molar-refractivity contribution < 1.29 is 4.74 Å². The summed E-state index contributed by atoms with van der Waals surface area (Å²) in [5, 5.41) is 4.01. The predicted octanol–water partition coefficient (Wildman–Crippen LogP) is 3.81. The Bertz CT molecular complexity index is 581. The molecule has 0 aliphatic rings. The average molecular weight is 308 g/mol. The molecule has 114 valence electrons. The molecule has 1 heterocycles. The van der Waals surface area contributed by atoms with E-state index in [2.05, 4.69) is 35.6 Å². The average Bonchev–Trinajstić information content (AvgIpc) is 2.92. The number of ether oxygens (including phenoxy) is 1. The Kier molecular flexibility index (Phi) is 5.65. The molecule has 0 saturated carbocycles. The highest BCUT2D eigenvalue weighted by Crippen LogP contribution is 2.27. The van der Waals surface area contributed by atoms with Crippen molar-refractivity contribution in [3.63, 3.8) is 0 Å². The van der Waals surface area contributed by atoms with Crippen LogP contribution in [0.2, 0.25) is 5.02 Å². The molecule has 1 aromatic carbocycles. The minimum Gasteiger partial charge on any atom is -0.487 e. The van der Waals surface area contributed by atoms with Gasteiger partial charge >= 0.3 is 0 Å². The molecule has 2 rings (SSSR count). The third kappa shape index (κ3) is 3.99. The van der Waals surface area contributed by atoms with E-state index >= 15 is 0 Å². The number of rotatable bonds is 7. The predicted molar refractivity (Wildman–Crippen MR) is 85.8 cm³/mol. The van der Waals surface area contributed by atoms with E-state index in [-0.39, 0.29) is 0 Å². The molecule has 0 unspecified atom stereocenters. The Morgan fingerprint density at radius 2 is 2.19 bits per heavy atom. The Labute approximate surface area is 131 Å². The molecule has 0 aliphatic carbocycles. The molecule has 1 N–H and O–H groups in total. The molecule has 0 spiro atoms. The van der Waals surface area contributed by atoms with E-state index in [1.807, 2.05) is 30.7 Å².